The highest BCUT2D eigenvalue weighted by molar-refractivity contribution is 6.00. The molecule has 7 nitrogen and oxygen atoms in total. The summed E-state index contributed by atoms with van der Waals surface area (Å²) in [7, 11) is 1.60. The third-order valence-corrected chi connectivity index (χ3v) is 6.22. The van der Waals surface area contributed by atoms with Gasteiger partial charge in [-0.3, -0.25) is 14.5 Å². The Balaban J connectivity index is 1.64. The van der Waals surface area contributed by atoms with Crippen LogP contribution >= 0.6 is 0 Å². The van der Waals surface area contributed by atoms with Crippen LogP contribution in [-0.2, 0) is 21.4 Å². The highest BCUT2D eigenvalue weighted by Crippen LogP contribution is 2.36. The van der Waals surface area contributed by atoms with E-state index in [9.17, 15) is 14.0 Å². The molecule has 2 aliphatic heterocycles. The number of carbonyl (C=O) groups is 2. The number of aryl methyl sites for hydroxylation is 1. The van der Waals surface area contributed by atoms with Crippen LogP contribution in [0.15, 0.2) is 24.3 Å². The number of hydrogen-bond donors (Lipinski definition) is 0. The number of aromatic nitrogens is 2. The molecule has 0 bridgehead atoms. The van der Waals surface area contributed by atoms with E-state index in [2.05, 4.69) is 0 Å². The summed E-state index contributed by atoms with van der Waals surface area (Å²) in [4.78, 5) is 38.4. The van der Waals surface area contributed by atoms with Crippen LogP contribution in [-0.4, -0.2) is 60.0 Å². The van der Waals surface area contributed by atoms with Gasteiger partial charge in [0.2, 0.25) is 5.91 Å². The SMILES string of the molecule is COCCN1C(=O)Cc2c(C)nc(C3(C)CCCN(C(=O)c4ccccc4F)C3)nc21. The average Bonchev–Trinajstić information content (AvgIpc) is 3.08. The van der Waals surface area contributed by atoms with Crippen molar-refractivity contribution in [1.82, 2.24) is 14.9 Å². The number of hydrogen-bond acceptors (Lipinski definition) is 5. The van der Waals surface area contributed by atoms with E-state index in [1.807, 2.05) is 13.8 Å². The van der Waals surface area contributed by atoms with E-state index >= 15 is 0 Å². The van der Waals surface area contributed by atoms with Crippen LogP contribution in [0, 0.1) is 12.7 Å². The van der Waals surface area contributed by atoms with Crippen LogP contribution in [0.4, 0.5) is 10.2 Å². The standard InChI is InChI=1S/C23H27FN4O3/c1-15-17-13-19(29)28(11-12-31-3)20(17)26-22(25-15)23(2)9-6-10-27(14-23)21(30)16-7-4-5-8-18(16)24/h4-5,7-8H,6,9-14H2,1-3H3. The fourth-order valence-corrected chi connectivity index (χ4v) is 4.46. The minimum atomic E-state index is -0.517. The zero-order chi connectivity index (χ0) is 22.2. The molecule has 0 radical (unpaired) electrons. The molecule has 8 heteroatoms. The Morgan fingerprint density at radius 2 is 2.06 bits per heavy atom. The predicted octanol–water partition coefficient (Wildman–Crippen LogP) is 2.65. The molecule has 31 heavy (non-hydrogen) atoms. The van der Waals surface area contributed by atoms with Gasteiger partial charge < -0.3 is 9.64 Å². The van der Waals surface area contributed by atoms with E-state index in [1.54, 1.807) is 29.0 Å². The number of piperidine rings is 1. The lowest BCUT2D eigenvalue weighted by Gasteiger charge is -2.39. The summed E-state index contributed by atoms with van der Waals surface area (Å²) in [5.74, 6) is 0.414. The van der Waals surface area contributed by atoms with Gasteiger partial charge in [-0.05, 0) is 31.9 Å². The fraction of sp³-hybridized carbons (Fsp3) is 0.478. The third kappa shape index (κ3) is 3.92. The molecular weight excluding hydrogens is 399 g/mol. The molecule has 1 aromatic heterocycles. The number of carbonyl (C=O) groups excluding carboxylic acids is 2. The number of nitrogens with zero attached hydrogens (tertiary/aromatic N) is 4. The van der Waals surface area contributed by atoms with Crippen LogP contribution in [0.3, 0.4) is 0 Å². The van der Waals surface area contributed by atoms with Crippen LogP contribution in [0.1, 0.15) is 47.2 Å². The minimum Gasteiger partial charge on any atom is -0.383 e. The van der Waals surface area contributed by atoms with Gasteiger partial charge in [0.25, 0.3) is 5.91 Å². The normalized spacial score (nSPS) is 20.8. The van der Waals surface area contributed by atoms with Crippen LogP contribution in [0.25, 0.3) is 0 Å². The molecule has 2 aromatic rings. The number of rotatable bonds is 5. The van der Waals surface area contributed by atoms with E-state index in [0.717, 1.165) is 24.1 Å². The van der Waals surface area contributed by atoms with Gasteiger partial charge in [0.05, 0.1) is 25.1 Å². The number of amides is 2. The number of methoxy groups -OCH3 is 1. The Morgan fingerprint density at radius 1 is 1.29 bits per heavy atom. The summed E-state index contributed by atoms with van der Waals surface area (Å²) < 4.78 is 19.3. The number of ether oxygens (including phenoxy) is 1. The van der Waals surface area contributed by atoms with Crippen molar-refractivity contribution < 1.29 is 18.7 Å². The molecule has 0 aliphatic carbocycles. The quantitative estimate of drug-likeness (QED) is 0.735. The summed E-state index contributed by atoms with van der Waals surface area (Å²) in [6.45, 7) is 5.74. The van der Waals surface area contributed by atoms with Gasteiger partial charge in [0.15, 0.2) is 0 Å². The molecule has 1 saturated heterocycles. The average molecular weight is 426 g/mol. The van der Waals surface area contributed by atoms with E-state index < -0.39 is 11.2 Å². The van der Waals surface area contributed by atoms with Gasteiger partial charge >= 0.3 is 0 Å². The maximum Gasteiger partial charge on any atom is 0.256 e. The largest absolute Gasteiger partial charge is 0.383 e. The Labute approximate surface area is 181 Å². The molecule has 3 heterocycles. The van der Waals surface area contributed by atoms with Crippen molar-refractivity contribution >= 4 is 17.6 Å². The maximum absolute atomic E-state index is 14.2. The second-order valence-corrected chi connectivity index (χ2v) is 8.52. The first kappa shape index (κ1) is 21.4. The minimum absolute atomic E-state index is 0.00763. The number of fused-ring (bicyclic) bond motifs is 1. The topological polar surface area (TPSA) is 75.6 Å². The van der Waals surface area contributed by atoms with Gasteiger partial charge in [-0.25, -0.2) is 14.4 Å². The van der Waals surface area contributed by atoms with Gasteiger partial charge in [-0.1, -0.05) is 19.1 Å². The molecule has 4 rings (SSSR count). The van der Waals surface area contributed by atoms with E-state index in [-0.39, 0.29) is 17.4 Å². The first-order valence-electron chi connectivity index (χ1n) is 10.5. The molecule has 0 saturated carbocycles. The van der Waals surface area contributed by atoms with E-state index in [4.69, 9.17) is 14.7 Å². The zero-order valence-corrected chi connectivity index (χ0v) is 18.2. The highest BCUT2D eigenvalue weighted by Gasteiger charge is 2.40. The number of benzene rings is 1. The van der Waals surface area contributed by atoms with Crippen molar-refractivity contribution in [2.75, 3.05) is 38.3 Å². The van der Waals surface area contributed by atoms with Crippen LogP contribution in [0.2, 0.25) is 0 Å². The lowest BCUT2D eigenvalue weighted by atomic mass is 9.80. The smallest absolute Gasteiger partial charge is 0.256 e. The van der Waals surface area contributed by atoms with Crippen molar-refractivity contribution in [3.63, 3.8) is 0 Å². The molecule has 1 aromatic carbocycles. The van der Waals surface area contributed by atoms with Gasteiger partial charge in [0.1, 0.15) is 17.5 Å². The summed E-state index contributed by atoms with van der Waals surface area (Å²) in [5.41, 5.74) is 1.22. The van der Waals surface area contributed by atoms with Crippen molar-refractivity contribution in [2.45, 2.75) is 38.5 Å². The van der Waals surface area contributed by atoms with Crippen LogP contribution in [0.5, 0.6) is 0 Å². The summed E-state index contributed by atoms with van der Waals surface area (Å²) in [6.07, 6.45) is 1.86. The van der Waals surface area contributed by atoms with E-state index in [1.165, 1.54) is 12.1 Å². The van der Waals surface area contributed by atoms with Crippen molar-refractivity contribution in [2.24, 2.45) is 0 Å². The molecule has 2 aliphatic rings. The number of halogens is 1. The number of anilines is 1. The van der Waals surface area contributed by atoms with Gasteiger partial charge in [-0.15, -0.1) is 0 Å². The summed E-state index contributed by atoms with van der Waals surface area (Å²) in [5, 5.41) is 0. The van der Waals surface area contributed by atoms with Crippen molar-refractivity contribution in [3.8, 4) is 0 Å². The second-order valence-electron chi connectivity index (χ2n) is 8.52. The molecule has 1 fully saturated rings. The Kier molecular flexibility index (Phi) is 5.75. The maximum atomic E-state index is 14.2. The number of likely N-dealkylation sites (tertiary alicyclic amines) is 1. The Bertz CT molecular complexity index is 1030. The first-order chi connectivity index (χ1) is 14.8. The summed E-state index contributed by atoms with van der Waals surface area (Å²) in [6, 6.07) is 6.05. The molecule has 164 valence electrons. The third-order valence-electron chi connectivity index (χ3n) is 6.22. The first-order valence-corrected chi connectivity index (χ1v) is 10.5. The lowest BCUT2D eigenvalue weighted by Crippen LogP contribution is -2.48. The lowest BCUT2D eigenvalue weighted by molar-refractivity contribution is -0.117. The summed E-state index contributed by atoms with van der Waals surface area (Å²) >= 11 is 0. The molecule has 0 spiro atoms. The molecular formula is C23H27FN4O3. The Morgan fingerprint density at radius 3 is 2.81 bits per heavy atom. The van der Waals surface area contributed by atoms with E-state index in [0.29, 0.717) is 44.3 Å². The van der Waals surface area contributed by atoms with Crippen molar-refractivity contribution in [3.05, 3.63) is 52.7 Å². The predicted molar refractivity (Wildman–Crippen MR) is 114 cm³/mol. The Hall–Kier alpha value is -2.87. The van der Waals surface area contributed by atoms with Gasteiger partial charge in [-0.2, -0.15) is 0 Å². The molecule has 2 amide bonds. The van der Waals surface area contributed by atoms with Crippen molar-refractivity contribution in [1.29, 1.82) is 0 Å². The zero-order valence-electron chi connectivity index (χ0n) is 18.2. The van der Waals surface area contributed by atoms with Crippen LogP contribution < -0.4 is 4.90 Å². The molecule has 1 unspecified atom stereocenters. The van der Waals surface area contributed by atoms with Gasteiger partial charge in [0, 0.05) is 36.9 Å². The monoisotopic (exact) mass is 426 g/mol. The molecule has 1 atom stereocenters. The highest BCUT2D eigenvalue weighted by atomic mass is 19.1. The fourth-order valence-electron chi connectivity index (χ4n) is 4.46. The molecule has 0 N–H and O–H groups in total. The second kappa shape index (κ2) is 8.34.